The first kappa shape index (κ1) is 24.0. The van der Waals surface area contributed by atoms with Crippen molar-refractivity contribution >= 4 is 42.2 Å². The van der Waals surface area contributed by atoms with Crippen molar-refractivity contribution in [1.82, 2.24) is 0 Å². The molecule has 0 fully saturated rings. The molecule has 0 aliphatic carbocycles. The number of nitrogens with zero attached hydrogens (tertiary/aromatic N) is 1. The molecule has 0 aliphatic heterocycles. The first-order valence-corrected chi connectivity index (χ1v) is 12.7. The molecule has 0 saturated carbocycles. The third-order valence-corrected chi connectivity index (χ3v) is 7.53. The van der Waals surface area contributed by atoms with Gasteiger partial charge in [-0.05, 0) is 0 Å². The molecule has 0 atom stereocenters. The SMILES string of the molecule is COC(=O)CCN(CCC(=O)OC)c1ccc([Te]CCCOc2ccccc2)cc1. The van der Waals surface area contributed by atoms with Crippen LogP contribution >= 0.6 is 0 Å². The van der Waals surface area contributed by atoms with Gasteiger partial charge in [0.1, 0.15) is 0 Å². The average Bonchev–Trinajstić information content (AvgIpc) is 2.79. The molecule has 0 aromatic heterocycles. The van der Waals surface area contributed by atoms with Gasteiger partial charge in [-0.3, -0.25) is 0 Å². The molecule has 6 nitrogen and oxygen atoms in total. The van der Waals surface area contributed by atoms with Crippen molar-refractivity contribution in [3.63, 3.8) is 0 Å². The van der Waals surface area contributed by atoms with Crippen LogP contribution in [0.3, 0.4) is 0 Å². The van der Waals surface area contributed by atoms with Crippen molar-refractivity contribution in [2.24, 2.45) is 0 Å². The fraction of sp³-hybridized carbons (Fsp3) is 0.391. The molecule has 2 aromatic rings. The van der Waals surface area contributed by atoms with Crippen LogP contribution in [0.5, 0.6) is 5.75 Å². The molecule has 0 bridgehead atoms. The van der Waals surface area contributed by atoms with E-state index in [0.29, 0.717) is 13.1 Å². The van der Waals surface area contributed by atoms with E-state index in [0.717, 1.165) is 24.5 Å². The van der Waals surface area contributed by atoms with Crippen LogP contribution in [0.15, 0.2) is 54.6 Å². The number of methoxy groups -OCH3 is 2. The number of anilines is 1. The third kappa shape index (κ3) is 9.06. The molecule has 0 aliphatic rings. The van der Waals surface area contributed by atoms with Crippen LogP contribution in [0.4, 0.5) is 5.69 Å². The second kappa shape index (κ2) is 13.9. The van der Waals surface area contributed by atoms with Gasteiger partial charge in [0.05, 0.1) is 0 Å². The van der Waals surface area contributed by atoms with Crippen molar-refractivity contribution in [3.8, 4) is 5.75 Å². The molecule has 0 amide bonds. The minimum atomic E-state index is -0.270. The van der Waals surface area contributed by atoms with E-state index in [1.807, 2.05) is 35.2 Å². The predicted octanol–water partition coefficient (Wildman–Crippen LogP) is 2.84. The summed E-state index contributed by atoms with van der Waals surface area (Å²) >= 11 is -0.270. The van der Waals surface area contributed by atoms with Gasteiger partial charge < -0.3 is 0 Å². The van der Waals surface area contributed by atoms with Crippen molar-refractivity contribution in [3.05, 3.63) is 54.6 Å². The first-order chi connectivity index (χ1) is 14.6. The van der Waals surface area contributed by atoms with Crippen molar-refractivity contribution < 1.29 is 23.8 Å². The van der Waals surface area contributed by atoms with Crippen LogP contribution in [0, 0.1) is 0 Å². The Labute approximate surface area is 188 Å². The Hall–Kier alpha value is -2.23. The first-order valence-electron chi connectivity index (χ1n) is 9.91. The van der Waals surface area contributed by atoms with Gasteiger partial charge in [-0.25, -0.2) is 0 Å². The van der Waals surface area contributed by atoms with Crippen molar-refractivity contribution in [1.29, 1.82) is 0 Å². The summed E-state index contributed by atoms with van der Waals surface area (Å²) in [6.07, 6.45) is 1.59. The van der Waals surface area contributed by atoms with Gasteiger partial charge in [-0.2, -0.15) is 0 Å². The number of rotatable bonds is 13. The Kier molecular flexibility index (Phi) is 11.1. The van der Waals surface area contributed by atoms with Crippen LogP contribution in [-0.2, 0) is 19.1 Å². The fourth-order valence-corrected chi connectivity index (χ4v) is 5.09. The molecule has 162 valence electrons. The van der Waals surface area contributed by atoms with Crippen LogP contribution < -0.4 is 13.2 Å². The average molecular weight is 527 g/mol. The zero-order valence-corrected chi connectivity index (χ0v) is 19.9. The second-order valence-electron chi connectivity index (χ2n) is 6.50. The summed E-state index contributed by atoms with van der Waals surface area (Å²) in [5.74, 6) is 0.389. The van der Waals surface area contributed by atoms with Crippen LogP contribution in [-0.4, -0.2) is 66.8 Å². The summed E-state index contributed by atoms with van der Waals surface area (Å²) in [5.41, 5.74) is 0.992. The summed E-state index contributed by atoms with van der Waals surface area (Å²) in [6.45, 7) is 1.73. The summed E-state index contributed by atoms with van der Waals surface area (Å²) < 4.78 is 17.8. The van der Waals surface area contributed by atoms with E-state index in [2.05, 4.69) is 24.3 Å². The summed E-state index contributed by atoms with van der Waals surface area (Å²) in [5, 5.41) is 0. The molecule has 0 spiro atoms. The number of benzene rings is 2. The molecule has 2 aromatic carbocycles. The van der Waals surface area contributed by atoms with Gasteiger partial charge in [0.15, 0.2) is 0 Å². The number of esters is 2. The topological polar surface area (TPSA) is 65.1 Å². The number of carbonyl (C=O) groups excluding carboxylic acids is 2. The van der Waals surface area contributed by atoms with Crippen molar-refractivity contribution in [2.45, 2.75) is 23.7 Å². The van der Waals surface area contributed by atoms with E-state index in [1.54, 1.807) is 0 Å². The summed E-state index contributed by atoms with van der Waals surface area (Å²) in [4.78, 5) is 25.0. The molecular formula is C23H29NO5Te. The van der Waals surface area contributed by atoms with Gasteiger partial charge in [-0.1, -0.05) is 0 Å². The molecule has 0 unspecified atom stereocenters. The number of ether oxygens (including phenoxy) is 3. The Balaban J connectivity index is 1.81. The zero-order valence-electron chi connectivity index (χ0n) is 17.5. The van der Waals surface area contributed by atoms with E-state index in [1.165, 1.54) is 22.3 Å². The molecule has 0 N–H and O–H groups in total. The van der Waals surface area contributed by atoms with Crippen molar-refractivity contribution in [2.75, 3.05) is 38.8 Å². The fourth-order valence-electron chi connectivity index (χ4n) is 2.74. The minimum absolute atomic E-state index is 0.264. The number of para-hydroxylation sites is 1. The van der Waals surface area contributed by atoms with Gasteiger partial charge in [0.2, 0.25) is 0 Å². The Morgan fingerprint density at radius 2 is 1.47 bits per heavy atom. The Morgan fingerprint density at radius 1 is 0.867 bits per heavy atom. The van der Waals surface area contributed by atoms with Gasteiger partial charge in [0, 0.05) is 0 Å². The summed E-state index contributed by atoms with van der Waals surface area (Å²) in [7, 11) is 2.76. The quantitative estimate of drug-likeness (QED) is 0.227. The maximum atomic E-state index is 11.5. The molecule has 30 heavy (non-hydrogen) atoms. The predicted molar refractivity (Wildman–Crippen MR) is 119 cm³/mol. The van der Waals surface area contributed by atoms with E-state index in [-0.39, 0.29) is 45.7 Å². The normalized spacial score (nSPS) is 10.3. The van der Waals surface area contributed by atoms with Crippen LogP contribution in [0.25, 0.3) is 0 Å². The van der Waals surface area contributed by atoms with E-state index >= 15 is 0 Å². The molecule has 0 radical (unpaired) electrons. The van der Waals surface area contributed by atoms with E-state index < -0.39 is 0 Å². The molecule has 2 rings (SSSR count). The van der Waals surface area contributed by atoms with Gasteiger partial charge in [-0.15, -0.1) is 0 Å². The zero-order chi connectivity index (χ0) is 21.6. The van der Waals surface area contributed by atoms with Crippen LogP contribution in [0.2, 0.25) is 4.47 Å². The van der Waals surface area contributed by atoms with E-state index in [9.17, 15) is 9.59 Å². The number of hydrogen-bond donors (Lipinski definition) is 0. The second-order valence-corrected chi connectivity index (χ2v) is 9.83. The molecule has 0 heterocycles. The van der Waals surface area contributed by atoms with Gasteiger partial charge in [0.25, 0.3) is 0 Å². The Bertz CT molecular complexity index is 747. The standard InChI is InChI=1S/C23H29NO5Te/c1-27-22(25)13-15-24(16-14-23(26)28-2)19-9-11-21(12-10-19)30-18-6-17-29-20-7-4-3-5-8-20/h3-5,7-12H,6,13-18H2,1-2H3. The van der Waals surface area contributed by atoms with E-state index in [4.69, 9.17) is 14.2 Å². The van der Waals surface area contributed by atoms with Crippen LogP contribution in [0.1, 0.15) is 19.3 Å². The number of carbonyl (C=O) groups is 2. The molecule has 0 saturated heterocycles. The third-order valence-electron chi connectivity index (χ3n) is 4.40. The Morgan fingerprint density at radius 3 is 2.03 bits per heavy atom. The summed E-state index contributed by atoms with van der Waals surface area (Å²) in [6, 6.07) is 18.3. The monoisotopic (exact) mass is 529 g/mol. The molecule has 7 heteroatoms. The number of hydrogen-bond acceptors (Lipinski definition) is 6. The van der Waals surface area contributed by atoms with Gasteiger partial charge >= 0.3 is 189 Å². The maximum absolute atomic E-state index is 11.5. The molecular weight excluding hydrogens is 498 g/mol.